The Hall–Kier alpha value is -1.77. The second kappa shape index (κ2) is 5.21. The van der Waals surface area contributed by atoms with Crippen LogP contribution < -0.4 is 4.74 Å². The van der Waals surface area contributed by atoms with Gasteiger partial charge in [-0.3, -0.25) is 0 Å². The van der Waals surface area contributed by atoms with E-state index in [0.29, 0.717) is 17.9 Å². The van der Waals surface area contributed by atoms with Crippen LogP contribution in [0.1, 0.15) is 32.8 Å². The molecule has 2 aliphatic rings. The zero-order valence-corrected chi connectivity index (χ0v) is 13.2. The van der Waals surface area contributed by atoms with E-state index in [-0.39, 0.29) is 0 Å². The van der Waals surface area contributed by atoms with Gasteiger partial charge in [-0.2, -0.15) is 0 Å². The topological polar surface area (TPSA) is 30.8 Å². The highest BCUT2D eigenvalue weighted by Gasteiger charge is 2.60. The van der Waals surface area contributed by atoms with Crippen molar-refractivity contribution in [3.05, 3.63) is 41.5 Å². The van der Waals surface area contributed by atoms with Gasteiger partial charge in [0.2, 0.25) is 0 Å². The van der Waals surface area contributed by atoms with Crippen molar-refractivity contribution in [2.75, 3.05) is 7.11 Å². The Morgan fingerprint density at radius 1 is 1.33 bits per heavy atom. The van der Waals surface area contributed by atoms with Crippen LogP contribution in [0.4, 0.5) is 0 Å². The van der Waals surface area contributed by atoms with Crippen molar-refractivity contribution in [1.82, 2.24) is 0 Å². The first-order valence-electron chi connectivity index (χ1n) is 7.52. The molecule has 21 heavy (non-hydrogen) atoms. The van der Waals surface area contributed by atoms with Crippen molar-refractivity contribution in [2.24, 2.45) is 22.4 Å². The van der Waals surface area contributed by atoms with Crippen LogP contribution in [0.5, 0.6) is 5.75 Å². The van der Waals surface area contributed by atoms with Gasteiger partial charge in [0, 0.05) is 5.92 Å². The van der Waals surface area contributed by atoms with Gasteiger partial charge in [0.15, 0.2) is 0 Å². The Morgan fingerprint density at radius 2 is 2.14 bits per heavy atom. The standard InChI is InChI=1S/C18H23NO2/c1-12-8-15-17(18(15,2)3)16(9-12)19-21-11-13-6-5-7-14(10-13)20-4/h5-7,9-10,15,17H,8,11H2,1-4H3/b19-16-. The number of hydrogen-bond donors (Lipinski definition) is 0. The van der Waals surface area contributed by atoms with Crippen molar-refractivity contribution in [1.29, 1.82) is 0 Å². The molecule has 0 aliphatic heterocycles. The van der Waals surface area contributed by atoms with Crippen LogP contribution in [0, 0.1) is 17.3 Å². The summed E-state index contributed by atoms with van der Waals surface area (Å²) in [7, 11) is 1.67. The van der Waals surface area contributed by atoms with Crippen LogP contribution in [0.2, 0.25) is 0 Å². The van der Waals surface area contributed by atoms with Gasteiger partial charge >= 0.3 is 0 Å². The van der Waals surface area contributed by atoms with E-state index < -0.39 is 0 Å². The molecule has 0 aromatic heterocycles. The van der Waals surface area contributed by atoms with Crippen molar-refractivity contribution in [3.63, 3.8) is 0 Å². The number of methoxy groups -OCH3 is 1. The Morgan fingerprint density at radius 3 is 2.90 bits per heavy atom. The minimum Gasteiger partial charge on any atom is -0.497 e. The highest BCUT2D eigenvalue weighted by Crippen LogP contribution is 2.63. The molecule has 1 aromatic rings. The normalized spacial score (nSPS) is 27.8. The fourth-order valence-corrected chi connectivity index (χ4v) is 3.49. The van der Waals surface area contributed by atoms with Gasteiger partial charge in [0.25, 0.3) is 0 Å². The first kappa shape index (κ1) is 14.2. The third-order valence-electron chi connectivity index (χ3n) is 4.84. The summed E-state index contributed by atoms with van der Waals surface area (Å²) in [6, 6.07) is 7.90. The Labute approximate surface area is 126 Å². The largest absolute Gasteiger partial charge is 0.497 e. The molecule has 0 saturated heterocycles. The fourth-order valence-electron chi connectivity index (χ4n) is 3.49. The lowest BCUT2D eigenvalue weighted by Gasteiger charge is -2.10. The van der Waals surface area contributed by atoms with Crippen molar-refractivity contribution < 1.29 is 9.57 Å². The first-order valence-corrected chi connectivity index (χ1v) is 7.52. The summed E-state index contributed by atoms with van der Waals surface area (Å²) in [5, 5.41) is 4.40. The molecule has 112 valence electrons. The van der Waals surface area contributed by atoms with E-state index in [1.807, 2.05) is 24.3 Å². The number of allylic oxidation sites excluding steroid dienone is 2. The summed E-state index contributed by atoms with van der Waals surface area (Å²) < 4.78 is 5.22. The van der Waals surface area contributed by atoms with Crippen LogP contribution >= 0.6 is 0 Å². The second-order valence-corrected chi connectivity index (χ2v) is 6.74. The molecule has 0 spiro atoms. The maximum absolute atomic E-state index is 5.59. The molecular weight excluding hydrogens is 262 g/mol. The predicted molar refractivity (Wildman–Crippen MR) is 84.4 cm³/mol. The van der Waals surface area contributed by atoms with Crippen LogP contribution in [-0.4, -0.2) is 12.8 Å². The molecule has 1 saturated carbocycles. The second-order valence-electron chi connectivity index (χ2n) is 6.74. The van der Waals surface area contributed by atoms with Crippen molar-refractivity contribution >= 4 is 5.71 Å². The summed E-state index contributed by atoms with van der Waals surface area (Å²) in [5.41, 5.74) is 3.95. The van der Waals surface area contributed by atoms with Crippen molar-refractivity contribution in [3.8, 4) is 5.75 Å². The molecular formula is C18H23NO2. The van der Waals surface area contributed by atoms with E-state index in [1.165, 1.54) is 12.0 Å². The summed E-state index contributed by atoms with van der Waals surface area (Å²) >= 11 is 0. The van der Waals surface area contributed by atoms with Gasteiger partial charge in [0.05, 0.1) is 12.8 Å². The van der Waals surface area contributed by atoms with E-state index >= 15 is 0 Å². The molecule has 2 aliphatic carbocycles. The molecule has 3 nitrogen and oxygen atoms in total. The van der Waals surface area contributed by atoms with E-state index in [2.05, 4.69) is 32.0 Å². The minimum absolute atomic E-state index is 0.367. The zero-order valence-electron chi connectivity index (χ0n) is 13.2. The zero-order chi connectivity index (χ0) is 15.0. The Kier molecular flexibility index (Phi) is 3.52. The van der Waals surface area contributed by atoms with E-state index in [4.69, 9.17) is 9.57 Å². The van der Waals surface area contributed by atoms with Crippen LogP contribution in [-0.2, 0) is 11.4 Å². The number of ether oxygens (including phenoxy) is 1. The molecule has 3 heteroatoms. The number of benzene rings is 1. The smallest absolute Gasteiger partial charge is 0.142 e. The Bertz CT molecular complexity index is 601. The highest BCUT2D eigenvalue weighted by atomic mass is 16.6. The summed E-state index contributed by atoms with van der Waals surface area (Å²) in [6.07, 6.45) is 3.40. The molecule has 0 amide bonds. The SMILES string of the molecule is COc1cccc(CO/N=C2/C=C(C)CC3C2C3(C)C)c1. The van der Waals surface area contributed by atoms with Gasteiger partial charge in [-0.25, -0.2) is 0 Å². The quantitative estimate of drug-likeness (QED) is 0.777. The Balaban J connectivity index is 1.67. The molecule has 0 N–H and O–H groups in total. The highest BCUT2D eigenvalue weighted by molar-refractivity contribution is 6.01. The fraction of sp³-hybridized carbons (Fsp3) is 0.500. The minimum atomic E-state index is 0.367. The third kappa shape index (κ3) is 2.69. The number of nitrogens with zero attached hydrogens (tertiary/aromatic N) is 1. The van der Waals surface area contributed by atoms with Crippen molar-refractivity contribution in [2.45, 2.75) is 33.8 Å². The lowest BCUT2D eigenvalue weighted by Crippen LogP contribution is -2.08. The van der Waals surface area contributed by atoms with E-state index in [0.717, 1.165) is 22.9 Å². The molecule has 2 atom stereocenters. The van der Waals surface area contributed by atoms with Gasteiger partial charge < -0.3 is 9.57 Å². The van der Waals surface area contributed by atoms with Gasteiger partial charge in [-0.15, -0.1) is 0 Å². The third-order valence-corrected chi connectivity index (χ3v) is 4.84. The lowest BCUT2D eigenvalue weighted by atomic mass is 10.00. The molecule has 3 rings (SSSR count). The van der Waals surface area contributed by atoms with E-state index in [1.54, 1.807) is 7.11 Å². The maximum Gasteiger partial charge on any atom is 0.142 e. The van der Waals surface area contributed by atoms with E-state index in [9.17, 15) is 0 Å². The number of fused-ring (bicyclic) bond motifs is 1. The lowest BCUT2D eigenvalue weighted by molar-refractivity contribution is 0.129. The molecule has 1 fully saturated rings. The monoisotopic (exact) mass is 285 g/mol. The maximum atomic E-state index is 5.59. The molecule has 0 bridgehead atoms. The summed E-state index contributed by atoms with van der Waals surface area (Å²) in [6.45, 7) is 7.31. The van der Waals surface area contributed by atoms with Crippen LogP contribution in [0.3, 0.4) is 0 Å². The number of hydrogen-bond acceptors (Lipinski definition) is 3. The molecule has 2 unspecified atom stereocenters. The van der Waals surface area contributed by atoms with Gasteiger partial charge in [-0.05, 0) is 48.4 Å². The number of rotatable bonds is 4. The number of oxime groups is 1. The average Bonchev–Trinajstić information content (AvgIpc) is 3.01. The first-order chi connectivity index (χ1) is 10.0. The van der Waals surface area contributed by atoms with Crippen LogP contribution in [0.15, 0.2) is 41.1 Å². The van der Waals surface area contributed by atoms with Gasteiger partial charge in [0.1, 0.15) is 12.4 Å². The summed E-state index contributed by atoms with van der Waals surface area (Å²) in [5.74, 6) is 2.15. The summed E-state index contributed by atoms with van der Waals surface area (Å²) in [4.78, 5) is 5.59. The average molecular weight is 285 g/mol. The molecule has 1 aromatic carbocycles. The van der Waals surface area contributed by atoms with Gasteiger partial charge in [-0.1, -0.05) is 36.7 Å². The molecule has 0 radical (unpaired) electrons. The molecule has 0 heterocycles. The predicted octanol–water partition coefficient (Wildman–Crippen LogP) is 4.19. The van der Waals surface area contributed by atoms with Crippen LogP contribution in [0.25, 0.3) is 0 Å².